The molecule has 0 bridgehead atoms. The van der Waals surface area contributed by atoms with Crippen LogP contribution in [-0.2, 0) is 0 Å². The molecule has 2 aliphatic carbocycles. The maximum Gasteiger partial charge on any atom is 0.0695 e. The van der Waals surface area contributed by atoms with Crippen LogP contribution in [0.15, 0.2) is 0 Å². The van der Waals surface area contributed by atoms with Gasteiger partial charge in [-0.1, -0.05) is 26.2 Å². The first kappa shape index (κ1) is 15.3. The van der Waals surface area contributed by atoms with E-state index < -0.39 is 0 Å². The van der Waals surface area contributed by atoms with Crippen molar-refractivity contribution in [3.63, 3.8) is 0 Å². The van der Waals surface area contributed by atoms with E-state index in [1.165, 1.54) is 38.5 Å². The third-order valence-corrected chi connectivity index (χ3v) is 5.51. The highest BCUT2D eigenvalue weighted by atomic mass is 16.3. The Morgan fingerprint density at radius 3 is 2.58 bits per heavy atom. The van der Waals surface area contributed by atoms with Gasteiger partial charge >= 0.3 is 0 Å². The lowest BCUT2D eigenvalue weighted by Gasteiger charge is -2.41. The van der Waals surface area contributed by atoms with Crippen molar-refractivity contribution in [1.29, 1.82) is 0 Å². The van der Waals surface area contributed by atoms with Crippen molar-refractivity contribution in [2.75, 3.05) is 13.6 Å². The van der Waals surface area contributed by atoms with Crippen LogP contribution in [0.25, 0.3) is 0 Å². The number of rotatable bonds is 4. The molecule has 3 heteroatoms. The van der Waals surface area contributed by atoms with Crippen LogP contribution < -0.4 is 5.73 Å². The third kappa shape index (κ3) is 3.93. The Morgan fingerprint density at radius 1 is 1.16 bits per heavy atom. The maximum atomic E-state index is 10.2. The molecule has 112 valence electrons. The van der Waals surface area contributed by atoms with Crippen LogP contribution in [0.1, 0.15) is 58.3 Å². The fraction of sp³-hybridized carbons (Fsp3) is 1.00. The molecule has 0 aromatic heterocycles. The van der Waals surface area contributed by atoms with Gasteiger partial charge in [-0.3, -0.25) is 0 Å². The lowest BCUT2D eigenvalue weighted by molar-refractivity contribution is 0.0190. The van der Waals surface area contributed by atoms with Gasteiger partial charge in [-0.15, -0.1) is 0 Å². The van der Waals surface area contributed by atoms with Gasteiger partial charge in [0.2, 0.25) is 0 Å². The van der Waals surface area contributed by atoms with Crippen molar-refractivity contribution in [3.8, 4) is 0 Å². The molecule has 0 aromatic carbocycles. The Kier molecular flexibility index (Phi) is 5.67. The lowest BCUT2D eigenvalue weighted by atomic mass is 9.76. The molecule has 3 nitrogen and oxygen atoms in total. The van der Waals surface area contributed by atoms with Gasteiger partial charge in [0.1, 0.15) is 0 Å². The molecule has 2 rings (SSSR count). The predicted molar refractivity (Wildman–Crippen MR) is 80.0 cm³/mol. The summed E-state index contributed by atoms with van der Waals surface area (Å²) in [6.07, 6.45) is 9.52. The van der Waals surface area contributed by atoms with E-state index >= 15 is 0 Å². The molecule has 0 heterocycles. The minimum absolute atomic E-state index is 0.125. The zero-order valence-electron chi connectivity index (χ0n) is 12.7. The van der Waals surface area contributed by atoms with Crippen molar-refractivity contribution in [1.82, 2.24) is 4.90 Å². The number of nitrogens with two attached hydrogens (primary N) is 1. The molecule has 5 unspecified atom stereocenters. The van der Waals surface area contributed by atoms with E-state index in [1.54, 1.807) is 0 Å². The Labute approximate surface area is 118 Å². The van der Waals surface area contributed by atoms with Gasteiger partial charge < -0.3 is 15.7 Å². The molecule has 2 fully saturated rings. The second-order valence-electron chi connectivity index (χ2n) is 6.87. The number of aliphatic hydroxyl groups is 1. The van der Waals surface area contributed by atoms with Crippen molar-refractivity contribution in [2.45, 2.75) is 76.5 Å². The highest BCUT2D eigenvalue weighted by molar-refractivity contribution is 4.87. The second kappa shape index (κ2) is 7.05. The average molecular weight is 268 g/mol. The Morgan fingerprint density at radius 2 is 1.89 bits per heavy atom. The standard InChI is InChI=1S/C16H32N2O/c1-3-12-8-9-14(17)13(10-12)11-18(2)15-6-4-5-7-16(15)19/h12-16,19H,3-11,17H2,1-2H3. The van der Waals surface area contributed by atoms with E-state index in [2.05, 4.69) is 18.9 Å². The molecule has 2 aliphatic rings. The fourth-order valence-electron chi connectivity index (χ4n) is 4.08. The molecule has 19 heavy (non-hydrogen) atoms. The van der Waals surface area contributed by atoms with E-state index in [-0.39, 0.29) is 6.10 Å². The zero-order chi connectivity index (χ0) is 13.8. The molecular formula is C16H32N2O. The van der Waals surface area contributed by atoms with Gasteiger partial charge in [-0.25, -0.2) is 0 Å². The van der Waals surface area contributed by atoms with E-state index in [0.29, 0.717) is 18.0 Å². The molecule has 0 spiro atoms. The predicted octanol–water partition coefficient (Wildman–Crippen LogP) is 2.38. The highest BCUT2D eigenvalue weighted by Gasteiger charge is 2.32. The number of aliphatic hydroxyl groups excluding tert-OH is 1. The Bertz CT molecular complexity index is 271. The van der Waals surface area contributed by atoms with Crippen LogP contribution in [0.5, 0.6) is 0 Å². The number of hydrogen-bond acceptors (Lipinski definition) is 3. The molecule has 0 radical (unpaired) electrons. The topological polar surface area (TPSA) is 49.5 Å². The molecule has 0 saturated heterocycles. The molecule has 3 N–H and O–H groups in total. The summed E-state index contributed by atoms with van der Waals surface area (Å²) in [6.45, 7) is 3.37. The van der Waals surface area contributed by atoms with Crippen LogP contribution in [-0.4, -0.2) is 41.8 Å². The van der Waals surface area contributed by atoms with Gasteiger partial charge in [0, 0.05) is 18.6 Å². The van der Waals surface area contributed by atoms with Gasteiger partial charge in [0.15, 0.2) is 0 Å². The minimum atomic E-state index is -0.125. The van der Waals surface area contributed by atoms with Crippen molar-refractivity contribution in [3.05, 3.63) is 0 Å². The Balaban J connectivity index is 1.87. The quantitative estimate of drug-likeness (QED) is 0.823. The van der Waals surface area contributed by atoms with Crippen LogP contribution in [0, 0.1) is 11.8 Å². The summed E-state index contributed by atoms with van der Waals surface area (Å²) in [7, 11) is 2.18. The summed E-state index contributed by atoms with van der Waals surface area (Å²) in [5.74, 6) is 1.49. The first-order valence-corrected chi connectivity index (χ1v) is 8.25. The van der Waals surface area contributed by atoms with Crippen molar-refractivity contribution in [2.24, 2.45) is 17.6 Å². The van der Waals surface area contributed by atoms with Crippen LogP contribution in [0.3, 0.4) is 0 Å². The van der Waals surface area contributed by atoms with Crippen LogP contribution >= 0.6 is 0 Å². The molecule has 0 amide bonds. The van der Waals surface area contributed by atoms with Gasteiger partial charge in [-0.2, -0.15) is 0 Å². The molecule has 5 atom stereocenters. The maximum absolute atomic E-state index is 10.2. The van der Waals surface area contributed by atoms with Gasteiger partial charge in [-0.05, 0) is 51.0 Å². The molecule has 2 saturated carbocycles. The second-order valence-corrected chi connectivity index (χ2v) is 6.87. The largest absolute Gasteiger partial charge is 0.391 e. The summed E-state index contributed by atoms with van der Waals surface area (Å²) in [5.41, 5.74) is 6.32. The number of hydrogen-bond donors (Lipinski definition) is 2. The minimum Gasteiger partial charge on any atom is -0.391 e. The summed E-state index contributed by atoms with van der Waals surface area (Å²) in [4.78, 5) is 2.40. The highest BCUT2D eigenvalue weighted by Crippen LogP contribution is 2.32. The Hall–Kier alpha value is -0.120. The SMILES string of the molecule is CCC1CCC(N)C(CN(C)C2CCCCC2O)C1. The summed E-state index contributed by atoms with van der Waals surface area (Å²) in [5, 5.41) is 10.2. The van der Waals surface area contributed by atoms with E-state index in [9.17, 15) is 5.11 Å². The summed E-state index contributed by atoms with van der Waals surface area (Å²) in [6, 6.07) is 0.730. The average Bonchev–Trinajstić information content (AvgIpc) is 2.41. The zero-order valence-corrected chi connectivity index (χ0v) is 12.7. The van der Waals surface area contributed by atoms with Crippen molar-refractivity contribution < 1.29 is 5.11 Å². The van der Waals surface area contributed by atoms with Gasteiger partial charge in [0.25, 0.3) is 0 Å². The molecule has 0 aromatic rings. The molecular weight excluding hydrogens is 236 g/mol. The van der Waals surface area contributed by atoms with E-state index in [1.807, 2.05) is 0 Å². The fourth-order valence-corrected chi connectivity index (χ4v) is 4.08. The van der Waals surface area contributed by atoms with Crippen LogP contribution in [0.2, 0.25) is 0 Å². The third-order valence-electron chi connectivity index (χ3n) is 5.51. The number of likely N-dealkylation sites (N-methyl/N-ethyl adjacent to an activating group) is 1. The first-order chi connectivity index (χ1) is 9.11. The normalized spacial score (nSPS) is 40.6. The first-order valence-electron chi connectivity index (χ1n) is 8.25. The monoisotopic (exact) mass is 268 g/mol. The van der Waals surface area contributed by atoms with E-state index in [0.717, 1.165) is 25.3 Å². The molecule has 0 aliphatic heterocycles. The van der Waals surface area contributed by atoms with Crippen LogP contribution in [0.4, 0.5) is 0 Å². The van der Waals surface area contributed by atoms with Gasteiger partial charge in [0.05, 0.1) is 6.10 Å². The summed E-state index contributed by atoms with van der Waals surface area (Å²) < 4.78 is 0. The lowest BCUT2D eigenvalue weighted by Crippen LogP contribution is -2.49. The number of nitrogens with zero attached hydrogens (tertiary/aromatic N) is 1. The van der Waals surface area contributed by atoms with E-state index in [4.69, 9.17) is 5.73 Å². The smallest absolute Gasteiger partial charge is 0.0695 e. The van der Waals surface area contributed by atoms with Crippen molar-refractivity contribution >= 4 is 0 Å². The summed E-state index contributed by atoms with van der Waals surface area (Å²) >= 11 is 0.